The first kappa shape index (κ1) is 20.0. The van der Waals surface area contributed by atoms with E-state index < -0.39 is 0 Å². The maximum Gasteiger partial charge on any atom is 0.255 e. The van der Waals surface area contributed by atoms with Gasteiger partial charge in [-0.15, -0.1) is 10.2 Å². The van der Waals surface area contributed by atoms with Gasteiger partial charge in [-0.3, -0.25) is 9.59 Å². The third-order valence-electron chi connectivity index (χ3n) is 4.60. The number of nitrogens with one attached hydrogen (secondary N) is 2. The van der Waals surface area contributed by atoms with E-state index in [-0.39, 0.29) is 17.6 Å². The topological polar surface area (TPSA) is 98.1 Å². The van der Waals surface area contributed by atoms with Crippen molar-refractivity contribution in [2.24, 2.45) is 0 Å². The average molecular weight is 423 g/mol. The number of benzene rings is 2. The maximum absolute atomic E-state index is 12.5. The van der Waals surface area contributed by atoms with Crippen LogP contribution in [-0.2, 0) is 4.79 Å². The Hall–Kier alpha value is -3.33. The summed E-state index contributed by atoms with van der Waals surface area (Å²) in [5, 5.41) is 14.4. The van der Waals surface area contributed by atoms with Gasteiger partial charge in [-0.1, -0.05) is 23.9 Å². The standard InChI is InChI=1S/C21H21N5O3S/c1-29-18-5-3-2-4-17(18)24-20(28)14-6-8-15(9-7-14)23-19(27)12-30-21-25-22-13-26(21)16-10-11-16/h2-9,13,16H,10-12H2,1H3,(H,23,27)(H,24,28). The van der Waals surface area contributed by atoms with Crippen molar-refractivity contribution in [2.75, 3.05) is 23.5 Å². The van der Waals surface area contributed by atoms with Crippen LogP contribution >= 0.6 is 11.8 Å². The van der Waals surface area contributed by atoms with Crippen LogP contribution in [0.25, 0.3) is 0 Å². The zero-order valence-corrected chi connectivity index (χ0v) is 17.2. The van der Waals surface area contributed by atoms with Crippen molar-refractivity contribution in [2.45, 2.75) is 24.0 Å². The van der Waals surface area contributed by atoms with Crippen LogP contribution in [0.1, 0.15) is 29.2 Å². The first-order valence-corrected chi connectivity index (χ1v) is 10.5. The number of ether oxygens (including phenoxy) is 1. The number of carbonyl (C=O) groups is 2. The fourth-order valence-electron chi connectivity index (χ4n) is 2.91. The van der Waals surface area contributed by atoms with Crippen LogP contribution in [0.5, 0.6) is 5.75 Å². The Balaban J connectivity index is 1.31. The van der Waals surface area contributed by atoms with Gasteiger partial charge in [-0.2, -0.15) is 0 Å². The molecule has 1 aliphatic carbocycles. The van der Waals surface area contributed by atoms with E-state index in [1.54, 1.807) is 49.8 Å². The average Bonchev–Trinajstić information content (AvgIpc) is 3.50. The second-order valence-corrected chi connectivity index (χ2v) is 7.76. The molecule has 4 rings (SSSR count). The highest BCUT2D eigenvalue weighted by Gasteiger charge is 2.26. The Labute approximate surface area is 178 Å². The zero-order chi connectivity index (χ0) is 20.9. The molecule has 0 radical (unpaired) electrons. The molecule has 0 unspecified atom stereocenters. The fraction of sp³-hybridized carbons (Fsp3) is 0.238. The summed E-state index contributed by atoms with van der Waals surface area (Å²) in [6.07, 6.45) is 3.98. The van der Waals surface area contributed by atoms with Gasteiger partial charge in [0.05, 0.1) is 18.6 Å². The fourth-order valence-corrected chi connectivity index (χ4v) is 3.70. The Morgan fingerprint density at radius 2 is 1.90 bits per heavy atom. The lowest BCUT2D eigenvalue weighted by atomic mass is 10.2. The highest BCUT2D eigenvalue weighted by atomic mass is 32.2. The molecule has 0 atom stereocenters. The van der Waals surface area contributed by atoms with Gasteiger partial charge in [0.1, 0.15) is 12.1 Å². The highest BCUT2D eigenvalue weighted by Crippen LogP contribution is 2.37. The molecule has 9 heteroatoms. The lowest BCUT2D eigenvalue weighted by Gasteiger charge is -2.10. The molecule has 30 heavy (non-hydrogen) atoms. The maximum atomic E-state index is 12.5. The number of hydrogen-bond donors (Lipinski definition) is 2. The van der Waals surface area contributed by atoms with Gasteiger partial charge >= 0.3 is 0 Å². The summed E-state index contributed by atoms with van der Waals surface area (Å²) in [4.78, 5) is 24.7. The van der Waals surface area contributed by atoms with Crippen molar-refractivity contribution in [1.29, 1.82) is 0 Å². The molecule has 2 amide bonds. The van der Waals surface area contributed by atoms with Crippen LogP contribution in [-0.4, -0.2) is 39.4 Å². The minimum Gasteiger partial charge on any atom is -0.495 e. The van der Waals surface area contributed by atoms with Gasteiger partial charge in [0.25, 0.3) is 5.91 Å². The largest absolute Gasteiger partial charge is 0.495 e. The van der Waals surface area contributed by atoms with Crippen molar-refractivity contribution in [3.05, 3.63) is 60.4 Å². The van der Waals surface area contributed by atoms with Gasteiger partial charge in [0, 0.05) is 17.3 Å². The number of thioether (sulfide) groups is 1. The Morgan fingerprint density at radius 1 is 1.13 bits per heavy atom. The molecule has 0 saturated heterocycles. The molecule has 1 saturated carbocycles. The number of nitrogens with zero attached hydrogens (tertiary/aromatic N) is 3. The van der Waals surface area contributed by atoms with Gasteiger partial charge < -0.3 is 19.9 Å². The predicted molar refractivity (Wildman–Crippen MR) is 115 cm³/mol. The molecule has 154 valence electrons. The van der Waals surface area contributed by atoms with E-state index in [1.165, 1.54) is 11.8 Å². The number of hydrogen-bond acceptors (Lipinski definition) is 6. The van der Waals surface area contributed by atoms with E-state index >= 15 is 0 Å². The molecule has 8 nitrogen and oxygen atoms in total. The minimum absolute atomic E-state index is 0.142. The van der Waals surface area contributed by atoms with Crippen molar-refractivity contribution in [1.82, 2.24) is 14.8 Å². The molecule has 1 fully saturated rings. The number of anilines is 2. The van der Waals surface area contributed by atoms with Crippen molar-refractivity contribution in [3.63, 3.8) is 0 Å². The van der Waals surface area contributed by atoms with Crippen LogP contribution < -0.4 is 15.4 Å². The second kappa shape index (κ2) is 9.00. The number of carbonyl (C=O) groups excluding carboxylic acids is 2. The first-order valence-electron chi connectivity index (χ1n) is 9.50. The smallest absolute Gasteiger partial charge is 0.255 e. The van der Waals surface area contributed by atoms with Crippen LogP contribution in [0.15, 0.2) is 60.0 Å². The molecule has 1 heterocycles. The van der Waals surface area contributed by atoms with Crippen molar-refractivity contribution in [3.8, 4) is 5.75 Å². The number of amides is 2. The molecule has 3 aromatic rings. The predicted octanol–water partition coefficient (Wildman–Crippen LogP) is 3.60. The van der Waals surface area contributed by atoms with E-state index in [9.17, 15) is 9.59 Å². The first-order chi connectivity index (χ1) is 14.6. The monoisotopic (exact) mass is 423 g/mol. The van der Waals surface area contributed by atoms with Gasteiger partial charge in [0.2, 0.25) is 5.91 Å². The summed E-state index contributed by atoms with van der Waals surface area (Å²) >= 11 is 1.36. The molecular formula is C21H21N5O3S. The van der Waals surface area contributed by atoms with E-state index in [1.807, 2.05) is 16.7 Å². The lowest BCUT2D eigenvalue weighted by molar-refractivity contribution is -0.113. The SMILES string of the molecule is COc1ccccc1NC(=O)c1ccc(NC(=O)CSc2nncn2C2CC2)cc1. The molecule has 0 aliphatic heterocycles. The summed E-state index contributed by atoms with van der Waals surface area (Å²) in [5.74, 6) is 0.426. The quantitative estimate of drug-likeness (QED) is 0.537. The molecular weight excluding hydrogens is 402 g/mol. The molecule has 1 aliphatic rings. The van der Waals surface area contributed by atoms with Crippen LogP contribution in [0.3, 0.4) is 0 Å². The number of rotatable bonds is 8. The number of methoxy groups -OCH3 is 1. The van der Waals surface area contributed by atoms with Crippen molar-refractivity contribution >= 4 is 35.0 Å². The Kier molecular flexibility index (Phi) is 5.99. The molecule has 2 N–H and O–H groups in total. The molecule has 0 bridgehead atoms. The summed E-state index contributed by atoms with van der Waals surface area (Å²) in [5.41, 5.74) is 1.70. The Bertz CT molecular complexity index is 1050. The van der Waals surface area contributed by atoms with Crippen LogP contribution in [0.2, 0.25) is 0 Å². The summed E-state index contributed by atoms with van der Waals surface area (Å²) in [6, 6.07) is 14.4. The van der Waals surface area contributed by atoms with Crippen molar-refractivity contribution < 1.29 is 14.3 Å². The summed E-state index contributed by atoms with van der Waals surface area (Å²) in [7, 11) is 1.55. The summed E-state index contributed by atoms with van der Waals surface area (Å²) < 4.78 is 7.27. The molecule has 2 aromatic carbocycles. The van der Waals surface area contributed by atoms with Gasteiger partial charge in [-0.05, 0) is 49.2 Å². The van der Waals surface area contributed by atoms with E-state index in [0.29, 0.717) is 28.7 Å². The van der Waals surface area contributed by atoms with E-state index in [0.717, 1.165) is 18.0 Å². The zero-order valence-electron chi connectivity index (χ0n) is 16.4. The second-order valence-electron chi connectivity index (χ2n) is 6.82. The van der Waals surface area contributed by atoms with Gasteiger partial charge in [0.15, 0.2) is 5.16 Å². The van der Waals surface area contributed by atoms with Crippen LogP contribution in [0.4, 0.5) is 11.4 Å². The lowest BCUT2D eigenvalue weighted by Crippen LogP contribution is -2.15. The summed E-state index contributed by atoms with van der Waals surface area (Å²) in [6.45, 7) is 0. The van der Waals surface area contributed by atoms with E-state index in [2.05, 4.69) is 20.8 Å². The normalized spacial score (nSPS) is 13.0. The van der Waals surface area contributed by atoms with Crippen LogP contribution in [0, 0.1) is 0 Å². The third-order valence-corrected chi connectivity index (χ3v) is 5.56. The molecule has 1 aromatic heterocycles. The van der Waals surface area contributed by atoms with Gasteiger partial charge in [-0.25, -0.2) is 0 Å². The number of para-hydroxylation sites is 2. The Morgan fingerprint density at radius 3 is 2.63 bits per heavy atom. The highest BCUT2D eigenvalue weighted by molar-refractivity contribution is 7.99. The van der Waals surface area contributed by atoms with E-state index in [4.69, 9.17) is 4.74 Å². The molecule has 0 spiro atoms. The third kappa shape index (κ3) is 4.80. The minimum atomic E-state index is -0.257. The number of aromatic nitrogens is 3.